The first-order valence-corrected chi connectivity index (χ1v) is 6.95. The van der Waals surface area contributed by atoms with E-state index in [-0.39, 0.29) is 29.5 Å². The first kappa shape index (κ1) is 15.2. The Morgan fingerprint density at radius 3 is 2.41 bits per heavy atom. The average Bonchev–Trinajstić information content (AvgIpc) is 2.75. The molecule has 2 saturated heterocycles. The van der Waals surface area contributed by atoms with E-state index in [9.17, 15) is 5.26 Å². The maximum Gasteiger partial charge on any atom is 0.186 e. The number of fused-ring (bicyclic) bond motifs is 2. The van der Waals surface area contributed by atoms with Gasteiger partial charge in [-0.05, 0) is 12.8 Å². The zero-order chi connectivity index (χ0) is 11.6. The molecule has 0 spiro atoms. The van der Waals surface area contributed by atoms with Crippen molar-refractivity contribution < 1.29 is 28.5 Å². The Bertz CT molecular complexity index is 289. The molecule has 2 aliphatic heterocycles. The summed E-state index contributed by atoms with van der Waals surface area (Å²) < 4.78 is 1.08. The van der Waals surface area contributed by atoms with Crippen LogP contribution in [0.2, 0.25) is 0 Å². The molecule has 0 aromatic heterocycles. The monoisotopic (exact) mass is 348 g/mol. The van der Waals surface area contributed by atoms with E-state index in [1.165, 1.54) is 45.1 Å². The van der Waals surface area contributed by atoms with Gasteiger partial charge in [-0.2, -0.15) is 5.26 Å². The maximum atomic E-state index is 9.52. The van der Waals surface area contributed by atoms with E-state index in [0.717, 1.165) is 23.4 Å². The Morgan fingerprint density at radius 1 is 1.24 bits per heavy atom. The SMILES string of the molecule is CCCCCC[N+]1(C)C2CCC1(C#N)CC2.[I-]. The summed E-state index contributed by atoms with van der Waals surface area (Å²) in [6, 6.07) is 3.47. The molecule has 2 bridgehead atoms. The van der Waals surface area contributed by atoms with Crippen molar-refractivity contribution in [3.05, 3.63) is 0 Å². The Morgan fingerprint density at radius 2 is 1.88 bits per heavy atom. The molecule has 0 aliphatic carbocycles. The van der Waals surface area contributed by atoms with Gasteiger partial charge >= 0.3 is 0 Å². The summed E-state index contributed by atoms with van der Waals surface area (Å²) in [7, 11) is 2.35. The molecule has 1 unspecified atom stereocenters. The van der Waals surface area contributed by atoms with E-state index in [1.807, 2.05) is 0 Å². The van der Waals surface area contributed by atoms with Crippen LogP contribution in [0.15, 0.2) is 0 Å². The molecular formula is C14H25IN2. The van der Waals surface area contributed by atoms with Gasteiger partial charge in [0.05, 0.1) is 19.6 Å². The molecule has 0 amide bonds. The van der Waals surface area contributed by atoms with Crippen molar-refractivity contribution in [2.24, 2.45) is 0 Å². The first-order chi connectivity index (χ1) is 7.68. The van der Waals surface area contributed by atoms with Crippen LogP contribution in [-0.4, -0.2) is 29.7 Å². The van der Waals surface area contributed by atoms with Crippen LogP contribution in [0.4, 0.5) is 0 Å². The third-order valence-corrected chi connectivity index (χ3v) is 5.25. The normalized spacial score (nSPS) is 38.8. The Hall–Kier alpha value is 0.180. The first-order valence-electron chi connectivity index (χ1n) is 6.95. The van der Waals surface area contributed by atoms with Crippen LogP contribution in [0.1, 0.15) is 58.3 Å². The fraction of sp³-hybridized carbons (Fsp3) is 0.929. The molecule has 2 nitrogen and oxygen atoms in total. The number of rotatable bonds is 5. The summed E-state index contributed by atoms with van der Waals surface area (Å²) in [6.45, 7) is 3.49. The van der Waals surface area contributed by atoms with Crippen LogP contribution in [0.3, 0.4) is 0 Å². The Labute approximate surface area is 123 Å². The topological polar surface area (TPSA) is 23.8 Å². The van der Waals surface area contributed by atoms with Crippen molar-refractivity contribution >= 4 is 0 Å². The molecule has 2 rings (SSSR count). The Kier molecular flexibility index (Phi) is 5.27. The van der Waals surface area contributed by atoms with Crippen molar-refractivity contribution in [1.82, 2.24) is 0 Å². The second-order valence-corrected chi connectivity index (χ2v) is 5.93. The number of nitriles is 1. The minimum absolute atomic E-state index is 0. The van der Waals surface area contributed by atoms with Crippen LogP contribution < -0.4 is 24.0 Å². The van der Waals surface area contributed by atoms with E-state index in [0.29, 0.717) is 0 Å². The van der Waals surface area contributed by atoms with Crippen molar-refractivity contribution in [2.75, 3.05) is 13.6 Å². The van der Waals surface area contributed by atoms with E-state index in [4.69, 9.17) is 0 Å². The van der Waals surface area contributed by atoms with E-state index < -0.39 is 0 Å². The van der Waals surface area contributed by atoms with Gasteiger partial charge in [-0.25, -0.2) is 0 Å². The van der Waals surface area contributed by atoms with Gasteiger partial charge in [-0.1, -0.05) is 19.8 Å². The minimum atomic E-state index is -0.00309. The number of unbranched alkanes of at least 4 members (excludes halogenated alkanes) is 3. The lowest BCUT2D eigenvalue weighted by atomic mass is 9.89. The van der Waals surface area contributed by atoms with Gasteiger partial charge in [0.25, 0.3) is 0 Å². The summed E-state index contributed by atoms with van der Waals surface area (Å²) in [6.07, 6.45) is 10.2. The molecule has 1 atom stereocenters. The quantitative estimate of drug-likeness (QED) is 0.397. The van der Waals surface area contributed by atoms with Gasteiger partial charge in [0.1, 0.15) is 6.07 Å². The zero-order valence-electron chi connectivity index (χ0n) is 11.2. The number of quaternary nitrogens is 1. The van der Waals surface area contributed by atoms with Crippen LogP contribution >= 0.6 is 0 Å². The van der Waals surface area contributed by atoms with Crippen LogP contribution in [-0.2, 0) is 0 Å². The highest BCUT2D eigenvalue weighted by atomic mass is 127. The molecule has 98 valence electrons. The molecule has 2 fully saturated rings. The van der Waals surface area contributed by atoms with E-state index >= 15 is 0 Å². The lowest BCUT2D eigenvalue weighted by Gasteiger charge is -2.40. The number of halogens is 1. The minimum Gasteiger partial charge on any atom is -1.00 e. The highest BCUT2D eigenvalue weighted by Crippen LogP contribution is 2.51. The van der Waals surface area contributed by atoms with Crippen LogP contribution in [0.25, 0.3) is 0 Å². The fourth-order valence-electron chi connectivity index (χ4n) is 4.00. The predicted octanol–water partition coefficient (Wildman–Crippen LogP) is 0.236. The summed E-state index contributed by atoms with van der Waals surface area (Å²) in [4.78, 5) is 0. The molecular weight excluding hydrogens is 323 g/mol. The standard InChI is InChI=1S/C14H25N2.HI/c1-3-4-5-6-11-16(2)13-7-9-14(16,12-15)10-8-13;/h13H,3-11H2,1-2H3;1H/q+1;/p-1. The van der Waals surface area contributed by atoms with Gasteiger partial charge in [-0.15, -0.1) is 0 Å². The van der Waals surface area contributed by atoms with Crippen molar-refractivity contribution in [1.29, 1.82) is 5.26 Å². The third kappa shape index (κ3) is 2.35. The van der Waals surface area contributed by atoms with Gasteiger partial charge < -0.3 is 28.5 Å². The van der Waals surface area contributed by atoms with Crippen molar-refractivity contribution in [2.45, 2.75) is 69.9 Å². The third-order valence-electron chi connectivity index (χ3n) is 5.25. The molecule has 2 heterocycles. The van der Waals surface area contributed by atoms with Crippen molar-refractivity contribution in [3.8, 4) is 6.07 Å². The molecule has 17 heavy (non-hydrogen) atoms. The van der Waals surface area contributed by atoms with Gasteiger partial charge in [0.2, 0.25) is 0 Å². The highest BCUT2D eigenvalue weighted by molar-refractivity contribution is 5.10. The Balaban J connectivity index is 0.00000144. The van der Waals surface area contributed by atoms with Gasteiger partial charge in [0, 0.05) is 25.7 Å². The summed E-state index contributed by atoms with van der Waals surface area (Å²) in [5.74, 6) is 0. The second-order valence-electron chi connectivity index (χ2n) is 5.93. The smallest absolute Gasteiger partial charge is 0.186 e. The predicted molar refractivity (Wildman–Crippen MR) is 65.8 cm³/mol. The van der Waals surface area contributed by atoms with E-state index in [2.05, 4.69) is 20.0 Å². The number of hydrogen-bond donors (Lipinski definition) is 0. The van der Waals surface area contributed by atoms with Crippen molar-refractivity contribution in [3.63, 3.8) is 0 Å². The largest absolute Gasteiger partial charge is 1.00 e. The molecule has 0 aromatic rings. The lowest BCUT2D eigenvalue weighted by Crippen LogP contribution is -3.00. The molecule has 0 radical (unpaired) electrons. The number of hydrogen-bond acceptors (Lipinski definition) is 1. The highest BCUT2D eigenvalue weighted by Gasteiger charge is 2.62. The second kappa shape index (κ2) is 5.88. The zero-order valence-corrected chi connectivity index (χ0v) is 13.4. The summed E-state index contributed by atoms with van der Waals surface area (Å²) >= 11 is 0. The average molecular weight is 348 g/mol. The molecule has 0 aromatic carbocycles. The molecule has 0 N–H and O–H groups in total. The molecule has 2 aliphatic rings. The van der Waals surface area contributed by atoms with Crippen LogP contribution in [0, 0.1) is 11.3 Å². The van der Waals surface area contributed by atoms with Gasteiger partial charge in [-0.3, -0.25) is 0 Å². The maximum absolute atomic E-state index is 9.52. The fourth-order valence-corrected chi connectivity index (χ4v) is 4.00. The number of nitrogens with zero attached hydrogens (tertiary/aromatic N) is 2. The summed E-state index contributed by atoms with van der Waals surface area (Å²) in [5, 5.41) is 9.52. The van der Waals surface area contributed by atoms with Gasteiger partial charge in [0.15, 0.2) is 5.54 Å². The van der Waals surface area contributed by atoms with E-state index in [1.54, 1.807) is 0 Å². The molecule has 0 saturated carbocycles. The summed E-state index contributed by atoms with van der Waals surface area (Å²) in [5.41, 5.74) is -0.00309. The molecule has 3 heteroatoms. The van der Waals surface area contributed by atoms with Crippen LogP contribution in [0.5, 0.6) is 0 Å². The lowest BCUT2D eigenvalue weighted by molar-refractivity contribution is -0.946.